The second-order valence-electron chi connectivity index (χ2n) is 6.91. The normalized spacial score (nSPS) is 14.2. The Morgan fingerprint density at radius 3 is 2.61 bits per heavy atom. The number of hydrogen-bond donors (Lipinski definition) is 1. The topological polar surface area (TPSA) is 98.4 Å². The van der Waals surface area contributed by atoms with Crippen LogP contribution < -0.4 is 10.5 Å². The summed E-state index contributed by atoms with van der Waals surface area (Å²) in [4.78, 5) is 34.0. The number of carbonyl (C=O) groups excluding carboxylic acids is 2. The summed E-state index contributed by atoms with van der Waals surface area (Å²) < 4.78 is 5.77. The standard InChI is InChI=1S/C21H24N4O3/c1-13-4-5-17(9-23-13)21(22)19(14(2)26)12-28-20-8-16-6-7-25(15(3)27)11-18(16)10-24-20/h4-5,8-10H,6-7,11-12,22H2,1-3H3/b21-19-. The lowest BCUT2D eigenvalue weighted by atomic mass is 10.0. The fourth-order valence-electron chi connectivity index (χ4n) is 3.08. The van der Waals surface area contributed by atoms with Crippen LogP contribution in [0.25, 0.3) is 5.70 Å². The number of rotatable bonds is 5. The van der Waals surface area contributed by atoms with Crippen molar-refractivity contribution in [2.24, 2.45) is 5.73 Å². The number of pyridine rings is 2. The molecule has 0 spiro atoms. The van der Waals surface area contributed by atoms with Gasteiger partial charge < -0.3 is 15.4 Å². The molecule has 2 aromatic rings. The van der Waals surface area contributed by atoms with E-state index in [1.165, 1.54) is 6.92 Å². The minimum absolute atomic E-state index is 0.0282. The minimum atomic E-state index is -0.159. The maximum absolute atomic E-state index is 12.1. The van der Waals surface area contributed by atoms with E-state index in [9.17, 15) is 9.59 Å². The first kappa shape index (κ1) is 19.5. The molecule has 0 radical (unpaired) electrons. The summed E-state index contributed by atoms with van der Waals surface area (Å²) in [7, 11) is 0. The number of amides is 1. The highest BCUT2D eigenvalue weighted by Crippen LogP contribution is 2.23. The van der Waals surface area contributed by atoms with Gasteiger partial charge in [0.25, 0.3) is 0 Å². The van der Waals surface area contributed by atoms with Crippen molar-refractivity contribution >= 4 is 17.4 Å². The van der Waals surface area contributed by atoms with Crippen molar-refractivity contribution in [3.8, 4) is 5.88 Å². The summed E-state index contributed by atoms with van der Waals surface area (Å²) in [5, 5.41) is 0. The SMILES string of the molecule is CC(=O)/C(COc1cc2c(cn1)CN(C(C)=O)CC2)=C(\N)c1ccc(C)nc1. The molecule has 28 heavy (non-hydrogen) atoms. The molecule has 3 heterocycles. The number of ether oxygens (including phenoxy) is 1. The Bertz CT molecular complexity index is 935. The lowest BCUT2D eigenvalue weighted by molar-refractivity contribution is -0.129. The molecule has 0 aliphatic carbocycles. The molecule has 0 aromatic carbocycles. The quantitative estimate of drug-likeness (QED) is 0.797. The van der Waals surface area contributed by atoms with E-state index in [1.54, 1.807) is 24.2 Å². The smallest absolute Gasteiger partial charge is 0.219 e. The van der Waals surface area contributed by atoms with Gasteiger partial charge in [-0.25, -0.2) is 4.98 Å². The molecule has 1 amide bonds. The van der Waals surface area contributed by atoms with Crippen LogP contribution in [-0.2, 0) is 22.6 Å². The van der Waals surface area contributed by atoms with Gasteiger partial charge in [-0.1, -0.05) is 0 Å². The van der Waals surface area contributed by atoms with E-state index >= 15 is 0 Å². The van der Waals surface area contributed by atoms with Gasteiger partial charge in [-0.05, 0) is 43.5 Å². The van der Waals surface area contributed by atoms with Crippen molar-refractivity contribution in [3.63, 3.8) is 0 Å². The fraction of sp³-hybridized carbons (Fsp3) is 0.333. The first-order valence-corrected chi connectivity index (χ1v) is 9.14. The Labute approximate surface area is 164 Å². The van der Waals surface area contributed by atoms with E-state index in [0.717, 1.165) is 23.2 Å². The van der Waals surface area contributed by atoms with Gasteiger partial charge in [-0.2, -0.15) is 0 Å². The van der Waals surface area contributed by atoms with Gasteiger partial charge in [0.05, 0.1) is 11.3 Å². The Morgan fingerprint density at radius 1 is 1.18 bits per heavy atom. The number of carbonyl (C=O) groups is 2. The first-order valence-electron chi connectivity index (χ1n) is 9.14. The Kier molecular flexibility index (Phi) is 5.73. The van der Waals surface area contributed by atoms with E-state index in [0.29, 0.717) is 35.8 Å². The molecular weight excluding hydrogens is 356 g/mol. The third kappa shape index (κ3) is 4.36. The molecular formula is C21H24N4O3. The molecule has 7 nitrogen and oxygen atoms in total. The molecule has 2 aromatic heterocycles. The summed E-state index contributed by atoms with van der Waals surface area (Å²) in [6.45, 7) is 6.18. The largest absolute Gasteiger partial charge is 0.473 e. The molecule has 0 bridgehead atoms. The van der Waals surface area contributed by atoms with Crippen LogP contribution in [0.2, 0.25) is 0 Å². The number of nitrogens with zero attached hydrogens (tertiary/aromatic N) is 3. The summed E-state index contributed by atoms with van der Waals surface area (Å²) in [5.74, 6) is 0.333. The summed E-state index contributed by atoms with van der Waals surface area (Å²) in [5.41, 5.74) is 10.6. The highest BCUT2D eigenvalue weighted by atomic mass is 16.5. The third-order valence-electron chi connectivity index (χ3n) is 4.85. The molecule has 1 aliphatic heterocycles. The molecule has 0 saturated heterocycles. The molecule has 2 N–H and O–H groups in total. The molecule has 7 heteroatoms. The second kappa shape index (κ2) is 8.21. The van der Waals surface area contributed by atoms with Crippen LogP contribution in [0.3, 0.4) is 0 Å². The Hall–Kier alpha value is -3.22. The lowest BCUT2D eigenvalue weighted by Crippen LogP contribution is -2.34. The van der Waals surface area contributed by atoms with Crippen molar-refractivity contribution in [2.45, 2.75) is 33.7 Å². The van der Waals surface area contributed by atoms with Gasteiger partial charge in [0.2, 0.25) is 11.8 Å². The number of ketones is 1. The van der Waals surface area contributed by atoms with E-state index in [-0.39, 0.29) is 18.3 Å². The van der Waals surface area contributed by atoms with Crippen LogP contribution in [-0.4, -0.2) is 39.7 Å². The lowest BCUT2D eigenvalue weighted by Gasteiger charge is -2.27. The highest BCUT2D eigenvalue weighted by molar-refractivity contribution is 6.00. The van der Waals surface area contributed by atoms with Gasteiger partial charge >= 0.3 is 0 Å². The van der Waals surface area contributed by atoms with Crippen molar-refractivity contribution < 1.29 is 14.3 Å². The summed E-state index contributed by atoms with van der Waals surface area (Å²) in [6, 6.07) is 5.54. The second-order valence-corrected chi connectivity index (χ2v) is 6.91. The third-order valence-corrected chi connectivity index (χ3v) is 4.85. The van der Waals surface area contributed by atoms with Crippen molar-refractivity contribution in [3.05, 3.63) is 58.6 Å². The van der Waals surface area contributed by atoms with Gasteiger partial charge in [0.1, 0.15) is 6.61 Å². The molecule has 1 aliphatic rings. The molecule has 3 rings (SSSR count). The molecule has 0 unspecified atom stereocenters. The van der Waals surface area contributed by atoms with Crippen molar-refractivity contribution in [1.29, 1.82) is 0 Å². The molecule has 146 valence electrons. The van der Waals surface area contributed by atoms with E-state index in [1.807, 2.05) is 25.1 Å². The van der Waals surface area contributed by atoms with Crippen LogP contribution in [0.4, 0.5) is 0 Å². The van der Waals surface area contributed by atoms with E-state index < -0.39 is 0 Å². The van der Waals surface area contributed by atoms with Crippen molar-refractivity contribution in [2.75, 3.05) is 13.2 Å². The van der Waals surface area contributed by atoms with Gasteiger partial charge in [-0.15, -0.1) is 0 Å². The Balaban J connectivity index is 1.76. The first-order chi connectivity index (χ1) is 13.3. The monoisotopic (exact) mass is 380 g/mol. The highest BCUT2D eigenvalue weighted by Gasteiger charge is 2.19. The van der Waals surface area contributed by atoms with Crippen LogP contribution in [0.1, 0.15) is 36.2 Å². The van der Waals surface area contributed by atoms with Gasteiger partial charge in [0.15, 0.2) is 5.78 Å². The minimum Gasteiger partial charge on any atom is -0.473 e. The van der Waals surface area contributed by atoms with Crippen LogP contribution in [0, 0.1) is 6.92 Å². The van der Waals surface area contributed by atoms with E-state index in [2.05, 4.69) is 9.97 Å². The number of nitrogens with two attached hydrogens (primary N) is 1. The predicted octanol–water partition coefficient (Wildman–Crippen LogP) is 2.03. The summed E-state index contributed by atoms with van der Waals surface area (Å²) >= 11 is 0. The average Bonchev–Trinajstić information content (AvgIpc) is 2.67. The van der Waals surface area contributed by atoms with E-state index in [4.69, 9.17) is 10.5 Å². The molecule has 0 atom stereocenters. The maximum Gasteiger partial charge on any atom is 0.219 e. The average molecular weight is 380 g/mol. The van der Waals surface area contributed by atoms with Crippen LogP contribution in [0.5, 0.6) is 5.88 Å². The van der Waals surface area contributed by atoms with Crippen molar-refractivity contribution in [1.82, 2.24) is 14.9 Å². The Morgan fingerprint density at radius 2 is 1.96 bits per heavy atom. The van der Waals surface area contributed by atoms with Gasteiger partial charge in [0, 0.05) is 49.7 Å². The fourth-order valence-corrected chi connectivity index (χ4v) is 3.08. The maximum atomic E-state index is 12.1. The zero-order chi connectivity index (χ0) is 20.3. The molecule has 0 saturated carbocycles. The van der Waals surface area contributed by atoms with Crippen LogP contribution >= 0.6 is 0 Å². The number of hydrogen-bond acceptors (Lipinski definition) is 6. The van der Waals surface area contributed by atoms with Gasteiger partial charge in [-0.3, -0.25) is 14.6 Å². The number of aryl methyl sites for hydroxylation is 1. The zero-order valence-electron chi connectivity index (χ0n) is 16.4. The molecule has 0 fully saturated rings. The number of aromatic nitrogens is 2. The van der Waals surface area contributed by atoms with Crippen LogP contribution in [0.15, 0.2) is 36.2 Å². The number of fused-ring (bicyclic) bond motifs is 1. The zero-order valence-corrected chi connectivity index (χ0v) is 16.4. The number of Topliss-reactive ketones (excluding diaryl/α,β-unsaturated/α-hetero) is 1. The summed E-state index contributed by atoms with van der Waals surface area (Å²) in [6.07, 6.45) is 4.12. The predicted molar refractivity (Wildman–Crippen MR) is 105 cm³/mol.